The Bertz CT molecular complexity index is 3200. The van der Waals surface area contributed by atoms with Gasteiger partial charge in [0.25, 0.3) is 0 Å². The zero-order valence-electron chi connectivity index (χ0n) is 40.5. The van der Waals surface area contributed by atoms with Crippen molar-refractivity contribution < 1.29 is 0 Å². The average Bonchev–Trinajstić information content (AvgIpc) is 3.24. The Morgan fingerprint density at radius 3 is 0.783 bits per heavy atom. The molecule has 0 aliphatic heterocycles. The number of benzene rings is 8. The first-order valence-electron chi connectivity index (χ1n) is 22.2. The number of hydrogen-bond donors (Lipinski definition) is 0. The van der Waals surface area contributed by atoms with Crippen LogP contribution in [0.5, 0.6) is 0 Å². The van der Waals surface area contributed by atoms with E-state index in [2.05, 4.69) is 193 Å². The Labute approximate surface area is 376 Å². The fourth-order valence-electron chi connectivity index (χ4n) is 11.5. The van der Waals surface area contributed by atoms with Gasteiger partial charge in [0, 0.05) is 0 Å². The molecule has 266 valence electrons. The minimum Gasteiger partial charge on any atom is -0.102 e. The third kappa shape index (κ3) is 5.66. The maximum Gasteiger partial charge on any atom is 0.139 e. The SMILES string of the molecule is Bc1c(B)c(B)c(-c2c3c(B)c(B)c(B)c(B)c3c(-c3ccc(-c4c(B)c(B)c(B)c5c(B)c(B)c(B)c(B)c45)c4ccccc34)c3c(B)c(B)c(B)c(B)c23)c(B)c1B. The molecular weight excluding hydrogens is 697 g/mol. The van der Waals surface area contributed by atoms with Gasteiger partial charge in [0.15, 0.2) is 0 Å². The second-order valence-electron chi connectivity index (χ2n) is 19.0. The molecule has 0 N–H and O–H groups in total. The van der Waals surface area contributed by atoms with Gasteiger partial charge in [0.2, 0.25) is 0 Å². The maximum atomic E-state index is 2.50. The Morgan fingerprint density at radius 2 is 0.417 bits per heavy atom. The first-order chi connectivity index (χ1) is 28.2. The molecule has 8 aromatic rings. The highest BCUT2D eigenvalue weighted by Gasteiger charge is 2.29. The van der Waals surface area contributed by atoms with E-state index < -0.39 is 0 Å². The summed E-state index contributed by atoms with van der Waals surface area (Å²) in [6.07, 6.45) is 0. The second-order valence-corrected chi connectivity index (χ2v) is 19.0. The van der Waals surface area contributed by atoms with E-state index in [0.717, 1.165) is 0 Å². The monoisotopic (exact) mass is 747 g/mol. The summed E-state index contributed by atoms with van der Waals surface area (Å²) < 4.78 is 0. The Balaban J connectivity index is 1.66. The molecule has 0 heterocycles. The highest BCUT2D eigenvalue weighted by atomic mass is 14.3. The quantitative estimate of drug-likeness (QED) is 0.125. The summed E-state index contributed by atoms with van der Waals surface area (Å²) >= 11 is 0. The van der Waals surface area contributed by atoms with Crippen LogP contribution in [0.4, 0.5) is 0 Å². The van der Waals surface area contributed by atoms with Crippen LogP contribution in [-0.2, 0) is 0 Å². The molecule has 0 saturated carbocycles. The smallest absolute Gasteiger partial charge is 0.102 e. The predicted octanol–water partition coefficient (Wildman–Crippen LogP) is -23.5. The zero-order chi connectivity index (χ0) is 43.9. The predicted molar refractivity (Wildman–Crippen MR) is 336 cm³/mol. The van der Waals surface area contributed by atoms with Gasteiger partial charge in [-0.3, -0.25) is 0 Å². The summed E-state index contributed by atoms with van der Waals surface area (Å²) in [4.78, 5) is 0. The van der Waals surface area contributed by atoms with Crippen molar-refractivity contribution in [2.24, 2.45) is 0 Å². The Morgan fingerprint density at radius 1 is 0.183 bits per heavy atom. The summed E-state index contributed by atoms with van der Waals surface area (Å²) in [6, 6.07) is 14.3. The number of fused-ring (bicyclic) bond motifs is 4. The van der Waals surface area contributed by atoms with Gasteiger partial charge >= 0.3 is 0 Å². The third-order valence-electron chi connectivity index (χ3n) is 16.9. The highest BCUT2D eigenvalue weighted by molar-refractivity contribution is 6.75. The van der Waals surface area contributed by atoms with Crippen LogP contribution >= 0.6 is 0 Å². The lowest BCUT2D eigenvalue weighted by Crippen LogP contribution is -2.55. The fraction of sp³-hybridized carbons (Fsp3) is 0. The zero-order valence-corrected chi connectivity index (χ0v) is 40.5. The van der Waals surface area contributed by atoms with Gasteiger partial charge in [-0.15, -0.1) is 54.6 Å². The van der Waals surface area contributed by atoms with Gasteiger partial charge in [-0.05, 0) is 76.5 Å². The van der Waals surface area contributed by atoms with Crippen LogP contribution in [0.25, 0.3) is 76.5 Å². The molecule has 8 rings (SSSR count). The van der Waals surface area contributed by atoms with E-state index in [0.29, 0.717) is 0 Å². The van der Waals surface area contributed by atoms with Crippen LogP contribution in [0.2, 0.25) is 0 Å². The van der Waals surface area contributed by atoms with Crippen LogP contribution in [-0.4, -0.2) is 157 Å². The molecule has 0 aliphatic carbocycles. The first-order valence-corrected chi connectivity index (χ1v) is 22.2. The molecule has 0 radical (unpaired) electrons. The highest BCUT2D eigenvalue weighted by Crippen LogP contribution is 2.43. The summed E-state index contributed by atoms with van der Waals surface area (Å²) in [5, 5.41) is 11.1. The minimum atomic E-state index is 1.31. The van der Waals surface area contributed by atoms with E-state index in [9.17, 15) is 0 Å². The molecular formula is C40H46B20. The Hall–Kier alpha value is -3.90. The van der Waals surface area contributed by atoms with Crippen LogP contribution < -0.4 is 109 Å². The van der Waals surface area contributed by atoms with Gasteiger partial charge in [-0.25, -0.2) is 0 Å². The van der Waals surface area contributed by atoms with Crippen molar-refractivity contribution in [3.8, 4) is 33.4 Å². The van der Waals surface area contributed by atoms with E-state index >= 15 is 0 Å². The average molecular weight is 743 g/mol. The fourth-order valence-corrected chi connectivity index (χ4v) is 11.5. The normalized spacial score (nSPS) is 11.7. The topological polar surface area (TPSA) is 0 Å². The third-order valence-corrected chi connectivity index (χ3v) is 16.9. The molecule has 0 aliphatic rings. The van der Waals surface area contributed by atoms with Gasteiger partial charge in [0.05, 0.1) is 0 Å². The van der Waals surface area contributed by atoms with Gasteiger partial charge in [-0.2, -0.15) is 0 Å². The standard InChI is InChI=1S/C40H46B20/c41-21-12(16-20(29(49)31(21)51)30(50)37(57)34(54)24(16)44)10-6-5-9(7-3-1-2-4-8(7)10)11-14-17(25(45)35(55)32(52)22(14)42)13(18-15(11)23(43)33(53)36(56)26(18)46)19-27(47)38(58)40(60)39(59)28(19)48/h1-6H,41-60H2. The molecule has 0 fully saturated rings. The van der Waals surface area contributed by atoms with Gasteiger partial charge < -0.3 is 0 Å². The van der Waals surface area contributed by atoms with E-state index in [1.165, 1.54) is 186 Å². The largest absolute Gasteiger partial charge is 0.139 e. The molecule has 0 aromatic heterocycles. The van der Waals surface area contributed by atoms with Crippen molar-refractivity contribution in [3.63, 3.8) is 0 Å². The summed E-state index contributed by atoms with van der Waals surface area (Å²) in [5.41, 5.74) is 36.2. The van der Waals surface area contributed by atoms with Crippen LogP contribution in [0.1, 0.15) is 0 Å². The lowest BCUT2D eigenvalue weighted by atomic mass is 9.56. The first kappa shape index (κ1) is 42.8. The van der Waals surface area contributed by atoms with E-state index in [-0.39, 0.29) is 0 Å². The number of rotatable bonds is 3. The van der Waals surface area contributed by atoms with E-state index in [4.69, 9.17) is 0 Å². The van der Waals surface area contributed by atoms with Crippen LogP contribution in [0.3, 0.4) is 0 Å². The van der Waals surface area contributed by atoms with Crippen LogP contribution in [0, 0.1) is 0 Å². The summed E-state index contributed by atoms with van der Waals surface area (Å²) in [7, 11) is 47.0. The molecule has 0 spiro atoms. The molecule has 0 saturated heterocycles. The van der Waals surface area contributed by atoms with Crippen molar-refractivity contribution in [1.29, 1.82) is 0 Å². The molecule has 0 atom stereocenters. The van der Waals surface area contributed by atoms with Crippen molar-refractivity contribution >= 4 is 309 Å². The summed E-state index contributed by atoms with van der Waals surface area (Å²) in [5.74, 6) is 0. The van der Waals surface area contributed by atoms with Crippen molar-refractivity contribution in [1.82, 2.24) is 0 Å². The molecule has 20 heteroatoms. The lowest BCUT2D eigenvalue weighted by molar-refractivity contribution is 1.72. The van der Waals surface area contributed by atoms with Gasteiger partial charge in [0.1, 0.15) is 157 Å². The molecule has 8 aromatic carbocycles. The molecule has 60 heavy (non-hydrogen) atoms. The lowest BCUT2D eigenvalue weighted by Gasteiger charge is -2.31. The molecule has 0 unspecified atom stereocenters. The maximum absolute atomic E-state index is 2.50. The van der Waals surface area contributed by atoms with Crippen molar-refractivity contribution in [2.75, 3.05) is 0 Å². The van der Waals surface area contributed by atoms with E-state index in [1.54, 1.807) is 0 Å². The number of hydrogen-bond acceptors (Lipinski definition) is 0. The second kappa shape index (κ2) is 14.9. The van der Waals surface area contributed by atoms with Crippen molar-refractivity contribution in [3.05, 3.63) is 36.4 Å². The van der Waals surface area contributed by atoms with Crippen LogP contribution in [0.15, 0.2) is 36.4 Å². The van der Waals surface area contributed by atoms with E-state index in [1.807, 2.05) is 0 Å². The van der Waals surface area contributed by atoms with Gasteiger partial charge in [-0.1, -0.05) is 91.0 Å². The molecule has 0 nitrogen and oxygen atoms in total. The minimum absolute atomic E-state index is 1.31. The summed E-state index contributed by atoms with van der Waals surface area (Å²) in [6.45, 7) is 0. The molecule has 0 bridgehead atoms. The van der Waals surface area contributed by atoms with Crippen molar-refractivity contribution in [2.45, 2.75) is 0 Å². The Kier molecular flexibility index (Phi) is 10.6. The molecule has 0 amide bonds.